The van der Waals surface area contributed by atoms with Gasteiger partial charge in [0.25, 0.3) is 0 Å². The SMILES string of the molecule is NCC(CCC(c1ccccc1)c1ccccc1)C(=O)O. The summed E-state index contributed by atoms with van der Waals surface area (Å²) in [6.07, 6.45) is 1.36. The average Bonchev–Trinajstić information content (AvgIpc) is 2.53. The first kappa shape index (κ1) is 15.3. The summed E-state index contributed by atoms with van der Waals surface area (Å²) in [5, 5.41) is 9.15. The molecule has 110 valence electrons. The van der Waals surface area contributed by atoms with E-state index >= 15 is 0 Å². The van der Waals surface area contributed by atoms with E-state index in [1.54, 1.807) is 0 Å². The highest BCUT2D eigenvalue weighted by atomic mass is 16.4. The van der Waals surface area contributed by atoms with Crippen molar-refractivity contribution in [3.63, 3.8) is 0 Å². The van der Waals surface area contributed by atoms with Gasteiger partial charge in [-0.05, 0) is 24.0 Å². The van der Waals surface area contributed by atoms with Crippen molar-refractivity contribution in [2.45, 2.75) is 18.8 Å². The lowest BCUT2D eigenvalue weighted by Crippen LogP contribution is -2.23. The van der Waals surface area contributed by atoms with E-state index < -0.39 is 11.9 Å². The molecule has 0 saturated carbocycles. The second-order valence-electron chi connectivity index (χ2n) is 5.22. The molecule has 0 aliphatic heterocycles. The number of carboxylic acids is 1. The molecule has 0 fully saturated rings. The summed E-state index contributed by atoms with van der Waals surface area (Å²) in [4.78, 5) is 11.1. The van der Waals surface area contributed by atoms with Crippen molar-refractivity contribution < 1.29 is 9.90 Å². The number of hydrogen-bond donors (Lipinski definition) is 2. The van der Waals surface area contributed by atoms with Gasteiger partial charge in [-0.3, -0.25) is 4.79 Å². The summed E-state index contributed by atoms with van der Waals surface area (Å²) in [5.41, 5.74) is 7.98. The Morgan fingerprint density at radius 2 is 1.38 bits per heavy atom. The van der Waals surface area contributed by atoms with Gasteiger partial charge < -0.3 is 10.8 Å². The molecule has 2 aromatic rings. The minimum Gasteiger partial charge on any atom is -0.481 e. The van der Waals surface area contributed by atoms with Crippen molar-refractivity contribution in [3.05, 3.63) is 71.8 Å². The molecule has 3 nitrogen and oxygen atoms in total. The van der Waals surface area contributed by atoms with E-state index in [1.165, 1.54) is 11.1 Å². The first-order chi connectivity index (χ1) is 10.2. The minimum atomic E-state index is -0.808. The molecular weight excluding hydrogens is 262 g/mol. The van der Waals surface area contributed by atoms with Gasteiger partial charge in [-0.25, -0.2) is 0 Å². The van der Waals surface area contributed by atoms with Crippen LogP contribution in [-0.2, 0) is 4.79 Å². The Morgan fingerprint density at radius 1 is 0.905 bits per heavy atom. The Balaban J connectivity index is 2.19. The molecule has 0 aliphatic carbocycles. The zero-order valence-electron chi connectivity index (χ0n) is 12.0. The quantitative estimate of drug-likeness (QED) is 0.819. The molecule has 1 atom stereocenters. The third-order valence-electron chi connectivity index (χ3n) is 3.84. The summed E-state index contributed by atoms with van der Waals surface area (Å²) < 4.78 is 0. The largest absolute Gasteiger partial charge is 0.481 e. The van der Waals surface area contributed by atoms with Crippen molar-refractivity contribution in [2.24, 2.45) is 11.7 Å². The van der Waals surface area contributed by atoms with Crippen LogP contribution in [0, 0.1) is 5.92 Å². The summed E-state index contributed by atoms with van der Waals surface area (Å²) in [7, 11) is 0. The van der Waals surface area contributed by atoms with Gasteiger partial charge in [-0.1, -0.05) is 60.7 Å². The third-order valence-corrected chi connectivity index (χ3v) is 3.84. The molecule has 2 rings (SSSR count). The molecular formula is C18H21NO2. The maximum absolute atomic E-state index is 11.1. The normalized spacial score (nSPS) is 12.3. The second-order valence-corrected chi connectivity index (χ2v) is 5.22. The predicted molar refractivity (Wildman–Crippen MR) is 84.1 cm³/mol. The van der Waals surface area contributed by atoms with Gasteiger partial charge in [-0.15, -0.1) is 0 Å². The van der Waals surface area contributed by atoms with Crippen LogP contribution in [0.15, 0.2) is 60.7 Å². The zero-order valence-corrected chi connectivity index (χ0v) is 12.0. The fraction of sp³-hybridized carbons (Fsp3) is 0.278. The van der Waals surface area contributed by atoms with E-state index in [0.717, 1.165) is 6.42 Å². The molecule has 0 bridgehead atoms. The van der Waals surface area contributed by atoms with Crippen molar-refractivity contribution in [2.75, 3.05) is 6.54 Å². The van der Waals surface area contributed by atoms with E-state index in [2.05, 4.69) is 24.3 Å². The van der Waals surface area contributed by atoms with Crippen molar-refractivity contribution >= 4 is 5.97 Å². The molecule has 0 aromatic heterocycles. The van der Waals surface area contributed by atoms with Gasteiger partial charge in [0.05, 0.1) is 5.92 Å². The second kappa shape index (κ2) is 7.60. The van der Waals surface area contributed by atoms with Crippen LogP contribution in [0.1, 0.15) is 29.9 Å². The highest BCUT2D eigenvalue weighted by Crippen LogP contribution is 2.30. The van der Waals surface area contributed by atoms with Crippen LogP contribution in [0.4, 0.5) is 0 Å². The van der Waals surface area contributed by atoms with Crippen LogP contribution in [-0.4, -0.2) is 17.6 Å². The molecule has 3 heteroatoms. The number of benzene rings is 2. The van der Waals surface area contributed by atoms with Gasteiger partial charge in [0.15, 0.2) is 0 Å². The first-order valence-electron chi connectivity index (χ1n) is 7.25. The maximum Gasteiger partial charge on any atom is 0.307 e. The first-order valence-corrected chi connectivity index (χ1v) is 7.25. The lowest BCUT2D eigenvalue weighted by Gasteiger charge is -2.20. The van der Waals surface area contributed by atoms with Gasteiger partial charge in [0.1, 0.15) is 0 Å². The van der Waals surface area contributed by atoms with Crippen LogP contribution >= 0.6 is 0 Å². The molecule has 21 heavy (non-hydrogen) atoms. The Bertz CT molecular complexity index is 514. The lowest BCUT2D eigenvalue weighted by molar-refractivity contribution is -0.141. The summed E-state index contributed by atoms with van der Waals surface area (Å²) >= 11 is 0. The zero-order chi connectivity index (χ0) is 15.1. The summed E-state index contributed by atoms with van der Waals surface area (Å²) in [5.74, 6) is -1.07. The van der Waals surface area contributed by atoms with E-state index in [0.29, 0.717) is 6.42 Å². The number of rotatable bonds is 7. The van der Waals surface area contributed by atoms with Crippen LogP contribution in [0.2, 0.25) is 0 Å². The highest BCUT2D eigenvalue weighted by Gasteiger charge is 2.20. The summed E-state index contributed by atoms with van der Waals surface area (Å²) in [6, 6.07) is 20.4. The molecule has 0 aliphatic rings. The number of aliphatic carboxylic acids is 1. The molecule has 0 spiro atoms. The fourth-order valence-corrected chi connectivity index (χ4v) is 2.61. The van der Waals surface area contributed by atoms with Crippen molar-refractivity contribution in [1.29, 1.82) is 0 Å². The smallest absolute Gasteiger partial charge is 0.307 e. The number of hydrogen-bond acceptors (Lipinski definition) is 2. The molecule has 0 heterocycles. The topological polar surface area (TPSA) is 63.3 Å². The van der Waals surface area contributed by atoms with Gasteiger partial charge in [0.2, 0.25) is 0 Å². The van der Waals surface area contributed by atoms with Crippen LogP contribution in [0.3, 0.4) is 0 Å². The predicted octanol–water partition coefficient (Wildman–Crippen LogP) is 3.26. The highest BCUT2D eigenvalue weighted by molar-refractivity contribution is 5.70. The molecule has 0 saturated heterocycles. The van der Waals surface area contributed by atoms with Crippen molar-refractivity contribution in [3.8, 4) is 0 Å². The van der Waals surface area contributed by atoms with Gasteiger partial charge in [-0.2, -0.15) is 0 Å². The summed E-state index contributed by atoms with van der Waals surface area (Å²) in [6.45, 7) is 0.186. The molecule has 2 aromatic carbocycles. The Kier molecular flexibility index (Phi) is 5.52. The molecule has 0 radical (unpaired) electrons. The van der Waals surface area contributed by atoms with E-state index in [1.807, 2.05) is 36.4 Å². The number of carboxylic acid groups (broad SMARTS) is 1. The van der Waals surface area contributed by atoms with Gasteiger partial charge in [0, 0.05) is 12.5 Å². The minimum absolute atomic E-state index is 0.186. The third kappa shape index (κ3) is 4.17. The molecule has 1 unspecified atom stereocenters. The average molecular weight is 283 g/mol. The number of nitrogens with two attached hydrogens (primary N) is 1. The molecule has 0 amide bonds. The fourth-order valence-electron chi connectivity index (χ4n) is 2.61. The van der Waals surface area contributed by atoms with Gasteiger partial charge >= 0.3 is 5.97 Å². The monoisotopic (exact) mass is 283 g/mol. The van der Waals surface area contributed by atoms with Crippen molar-refractivity contribution in [1.82, 2.24) is 0 Å². The van der Waals surface area contributed by atoms with Crippen LogP contribution in [0.25, 0.3) is 0 Å². The van der Waals surface area contributed by atoms with Crippen LogP contribution in [0.5, 0.6) is 0 Å². The lowest BCUT2D eigenvalue weighted by atomic mass is 9.85. The maximum atomic E-state index is 11.1. The Hall–Kier alpha value is -2.13. The van der Waals surface area contributed by atoms with Crippen LogP contribution < -0.4 is 5.73 Å². The van der Waals surface area contributed by atoms with E-state index in [4.69, 9.17) is 10.8 Å². The number of carbonyl (C=O) groups is 1. The standard InChI is InChI=1S/C18H21NO2/c19-13-16(18(20)21)11-12-17(14-7-3-1-4-8-14)15-9-5-2-6-10-15/h1-10,16-17H,11-13,19H2,(H,20,21). The molecule has 3 N–H and O–H groups in total. The Morgan fingerprint density at radius 3 is 1.76 bits per heavy atom. The van der Waals surface area contributed by atoms with E-state index in [9.17, 15) is 4.79 Å². The Labute approximate surface area is 125 Å². The van der Waals surface area contributed by atoms with E-state index in [-0.39, 0.29) is 12.5 Å².